The van der Waals surface area contributed by atoms with Crippen molar-refractivity contribution in [3.05, 3.63) is 48.2 Å². The summed E-state index contributed by atoms with van der Waals surface area (Å²) < 4.78 is 13.3. The molecule has 0 bridgehead atoms. The number of aromatic nitrogens is 4. The molecule has 0 saturated heterocycles. The number of benzene rings is 1. The van der Waals surface area contributed by atoms with Crippen molar-refractivity contribution in [1.29, 1.82) is 0 Å². The molecule has 6 nitrogen and oxygen atoms in total. The van der Waals surface area contributed by atoms with E-state index >= 15 is 0 Å². The molecule has 4 rings (SSSR count). The van der Waals surface area contributed by atoms with Gasteiger partial charge in [0.25, 0.3) is 0 Å². The summed E-state index contributed by atoms with van der Waals surface area (Å²) in [5, 5.41) is 9.75. The van der Waals surface area contributed by atoms with Crippen molar-refractivity contribution >= 4 is 5.95 Å². The lowest BCUT2D eigenvalue weighted by molar-refractivity contribution is 0.121. The van der Waals surface area contributed by atoms with Crippen LogP contribution in [-0.4, -0.2) is 31.1 Å². The smallest absolute Gasteiger partial charge is 0.220 e. The number of H-pyrrole nitrogens is 1. The van der Waals surface area contributed by atoms with Gasteiger partial charge in [-0.25, -0.2) is 19.3 Å². The van der Waals surface area contributed by atoms with Crippen LogP contribution in [0.1, 0.15) is 37.4 Å². The van der Waals surface area contributed by atoms with Crippen LogP contribution in [0.3, 0.4) is 0 Å². The molecule has 1 aliphatic rings. The number of nitrogens with zero attached hydrogens (tertiary/aromatic N) is 3. The zero-order valence-electron chi connectivity index (χ0n) is 14.2. The summed E-state index contributed by atoms with van der Waals surface area (Å²) in [7, 11) is 0. The average Bonchev–Trinajstić information content (AvgIpc) is 3.08. The van der Waals surface area contributed by atoms with Crippen molar-refractivity contribution in [3.63, 3.8) is 0 Å². The second-order valence-corrected chi connectivity index (χ2v) is 6.66. The van der Waals surface area contributed by atoms with Gasteiger partial charge in [0.1, 0.15) is 11.6 Å². The molecule has 0 spiro atoms. The fourth-order valence-corrected chi connectivity index (χ4v) is 3.45. The summed E-state index contributed by atoms with van der Waals surface area (Å²) in [6.45, 7) is 0. The predicted molar refractivity (Wildman–Crippen MR) is 96.6 cm³/mol. The van der Waals surface area contributed by atoms with Crippen LogP contribution in [0.25, 0.3) is 22.6 Å². The van der Waals surface area contributed by atoms with Crippen LogP contribution in [0.2, 0.25) is 0 Å². The minimum absolute atomic E-state index is 0.185. The zero-order chi connectivity index (χ0) is 18.1. The third kappa shape index (κ3) is 3.30. The van der Waals surface area contributed by atoms with Crippen molar-refractivity contribution in [1.82, 2.24) is 19.9 Å². The summed E-state index contributed by atoms with van der Waals surface area (Å²) in [6, 6.07) is 8.00. The molecule has 134 valence electrons. The summed E-state index contributed by atoms with van der Waals surface area (Å²) in [6.07, 6.45) is 4.68. The minimum Gasteiger partial charge on any atom is -0.393 e. The van der Waals surface area contributed by atoms with Gasteiger partial charge in [-0.3, -0.25) is 0 Å². The van der Waals surface area contributed by atoms with Gasteiger partial charge in [-0.1, -0.05) is 0 Å². The van der Waals surface area contributed by atoms with Crippen LogP contribution < -0.4 is 5.73 Å². The van der Waals surface area contributed by atoms with E-state index in [-0.39, 0.29) is 23.8 Å². The highest BCUT2D eigenvalue weighted by molar-refractivity contribution is 5.77. The molecule has 4 N–H and O–H groups in total. The summed E-state index contributed by atoms with van der Waals surface area (Å²) in [5.41, 5.74) is 8.64. The number of halogens is 1. The first-order chi connectivity index (χ1) is 12.6. The van der Waals surface area contributed by atoms with E-state index in [9.17, 15) is 9.50 Å². The Bertz CT molecular complexity index is 901. The van der Waals surface area contributed by atoms with E-state index < -0.39 is 0 Å². The first-order valence-corrected chi connectivity index (χ1v) is 8.73. The van der Waals surface area contributed by atoms with Crippen LogP contribution in [0, 0.1) is 5.82 Å². The maximum atomic E-state index is 13.3. The summed E-state index contributed by atoms with van der Waals surface area (Å²) in [4.78, 5) is 16.4. The molecule has 2 heterocycles. The normalized spacial score (nSPS) is 20.2. The van der Waals surface area contributed by atoms with Crippen molar-refractivity contribution < 1.29 is 9.50 Å². The fraction of sp³-hybridized carbons (Fsp3) is 0.316. The number of hydrogen-bond acceptors (Lipinski definition) is 5. The molecule has 0 unspecified atom stereocenters. The Kier molecular flexibility index (Phi) is 4.38. The molecule has 0 radical (unpaired) electrons. The largest absolute Gasteiger partial charge is 0.393 e. The topological polar surface area (TPSA) is 101 Å². The van der Waals surface area contributed by atoms with Crippen LogP contribution >= 0.6 is 0 Å². The monoisotopic (exact) mass is 353 g/mol. The molecule has 7 heteroatoms. The molecule has 2 aromatic heterocycles. The molecular formula is C19H20FN5O. The Labute approximate surface area is 150 Å². The zero-order valence-corrected chi connectivity index (χ0v) is 14.2. The van der Waals surface area contributed by atoms with Crippen LogP contribution in [0.15, 0.2) is 36.5 Å². The van der Waals surface area contributed by atoms with Crippen LogP contribution in [0.5, 0.6) is 0 Å². The Hall–Kier alpha value is -2.80. The van der Waals surface area contributed by atoms with E-state index in [1.165, 1.54) is 12.1 Å². The molecule has 3 aromatic rings. The first kappa shape index (κ1) is 16.7. The van der Waals surface area contributed by atoms with Crippen molar-refractivity contribution in [2.75, 3.05) is 5.73 Å². The number of aromatic amines is 1. The maximum absolute atomic E-state index is 13.3. The standard InChI is InChI=1S/C19H20FN5O/c20-13-5-1-11(2-6-13)16-17(15-9-10-22-19(21)23-15)25-18(24-16)12-3-7-14(26)8-4-12/h1-2,5-6,9-10,12,14,26H,3-4,7-8H2,(H,24,25)(H2,21,22,23). The van der Waals surface area contributed by atoms with E-state index in [1.54, 1.807) is 24.4 Å². The van der Waals surface area contributed by atoms with Gasteiger partial charge in [-0.05, 0) is 56.0 Å². The number of hydrogen-bond donors (Lipinski definition) is 3. The number of imidazole rings is 1. The van der Waals surface area contributed by atoms with Crippen molar-refractivity contribution in [2.24, 2.45) is 0 Å². The Balaban J connectivity index is 1.78. The van der Waals surface area contributed by atoms with Crippen LogP contribution in [-0.2, 0) is 0 Å². The Morgan fingerprint density at radius 1 is 1.04 bits per heavy atom. The number of aliphatic hydroxyl groups excluding tert-OH is 1. The van der Waals surface area contributed by atoms with E-state index in [0.29, 0.717) is 11.4 Å². The summed E-state index contributed by atoms with van der Waals surface area (Å²) in [5.74, 6) is 1.01. The first-order valence-electron chi connectivity index (χ1n) is 8.73. The van der Waals surface area contributed by atoms with Crippen LogP contribution in [0.4, 0.5) is 10.3 Å². The highest BCUT2D eigenvalue weighted by Crippen LogP contribution is 2.36. The third-order valence-corrected chi connectivity index (χ3v) is 4.85. The van der Waals surface area contributed by atoms with Gasteiger partial charge in [-0.2, -0.15) is 0 Å². The quantitative estimate of drug-likeness (QED) is 0.671. The van der Waals surface area contributed by atoms with Gasteiger partial charge in [-0.15, -0.1) is 0 Å². The number of aliphatic hydroxyl groups is 1. The maximum Gasteiger partial charge on any atom is 0.220 e. The van der Waals surface area contributed by atoms with Crippen molar-refractivity contribution in [2.45, 2.75) is 37.7 Å². The van der Waals surface area contributed by atoms with Gasteiger partial charge < -0.3 is 15.8 Å². The van der Waals surface area contributed by atoms with E-state index in [2.05, 4.69) is 15.0 Å². The molecule has 1 aromatic carbocycles. The molecule has 1 fully saturated rings. The number of rotatable bonds is 3. The average molecular weight is 353 g/mol. The second kappa shape index (κ2) is 6.84. The van der Waals surface area contributed by atoms with Gasteiger partial charge in [0.05, 0.1) is 23.2 Å². The molecule has 0 atom stereocenters. The molecule has 0 amide bonds. The second-order valence-electron chi connectivity index (χ2n) is 6.66. The fourth-order valence-electron chi connectivity index (χ4n) is 3.45. The van der Waals surface area contributed by atoms with Gasteiger partial charge in [0, 0.05) is 17.7 Å². The molecule has 1 aliphatic carbocycles. The molecule has 0 aliphatic heterocycles. The lowest BCUT2D eigenvalue weighted by atomic mass is 9.87. The molecular weight excluding hydrogens is 333 g/mol. The third-order valence-electron chi connectivity index (χ3n) is 4.85. The predicted octanol–water partition coefficient (Wildman–Crippen LogP) is 3.27. The number of nitrogen functional groups attached to an aromatic ring is 1. The molecule has 26 heavy (non-hydrogen) atoms. The van der Waals surface area contributed by atoms with Gasteiger partial charge >= 0.3 is 0 Å². The highest BCUT2D eigenvalue weighted by atomic mass is 19.1. The van der Waals surface area contributed by atoms with E-state index in [4.69, 9.17) is 10.7 Å². The number of anilines is 1. The Morgan fingerprint density at radius 2 is 1.77 bits per heavy atom. The van der Waals surface area contributed by atoms with Gasteiger partial charge in [0.15, 0.2) is 0 Å². The SMILES string of the molecule is Nc1nccc(-c2[nH]c(C3CCC(O)CC3)nc2-c2ccc(F)cc2)n1. The Morgan fingerprint density at radius 3 is 2.46 bits per heavy atom. The van der Waals surface area contributed by atoms with E-state index in [1.807, 2.05) is 0 Å². The van der Waals surface area contributed by atoms with Gasteiger partial charge in [0.2, 0.25) is 5.95 Å². The van der Waals surface area contributed by atoms with E-state index in [0.717, 1.165) is 42.8 Å². The molecule has 1 saturated carbocycles. The van der Waals surface area contributed by atoms with Crippen molar-refractivity contribution in [3.8, 4) is 22.6 Å². The highest BCUT2D eigenvalue weighted by Gasteiger charge is 2.25. The minimum atomic E-state index is -0.293. The summed E-state index contributed by atoms with van der Waals surface area (Å²) >= 11 is 0. The lowest BCUT2D eigenvalue weighted by Gasteiger charge is -2.23. The number of nitrogens with one attached hydrogen (secondary N) is 1. The number of nitrogens with two attached hydrogens (primary N) is 1. The lowest BCUT2D eigenvalue weighted by Crippen LogP contribution is -2.17.